The predicted molar refractivity (Wildman–Crippen MR) is 71.2 cm³/mol. The van der Waals surface area contributed by atoms with E-state index < -0.39 is 6.10 Å². The molecule has 1 atom stereocenters. The predicted octanol–water partition coefficient (Wildman–Crippen LogP) is 2.11. The van der Waals surface area contributed by atoms with Crippen LogP contribution in [0.25, 0.3) is 0 Å². The summed E-state index contributed by atoms with van der Waals surface area (Å²) in [5.74, 6) is 0.928. The van der Waals surface area contributed by atoms with Crippen molar-refractivity contribution in [3.8, 4) is 5.75 Å². The van der Waals surface area contributed by atoms with Gasteiger partial charge in [-0.25, -0.2) is 0 Å². The molecule has 2 aromatic rings. The summed E-state index contributed by atoms with van der Waals surface area (Å²) in [5.41, 5.74) is 4.41. The maximum Gasteiger partial charge on any atom is 0.122 e. The van der Waals surface area contributed by atoms with E-state index in [9.17, 15) is 5.11 Å². The van der Waals surface area contributed by atoms with Crippen LogP contribution in [0.3, 0.4) is 0 Å². The van der Waals surface area contributed by atoms with E-state index in [-0.39, 0.29) is 0 Å². The maximum atomic E-state index is 10.5. The van der Waals surface area contributed by atoms with Crippen molar-refractivity contribution in [3.63, 3.8) is 0 Å². The fourth-order valence-electron chi connectivity index (χ4n) is 2.40. The number of benzene rings is 1. The van der Waals surface area contributed by atoms with Crippen molar-refractivity contribution in [2.24, 2.45) is 0 Å². The lowest BCUT2D eigenvalue weighted by Gasteiger charge is -2.14. The van der Waals surface area contributed by atoms with Crippen molar-refractivity contribution in [1.29, 1.82) is 0 Å². The third-order valence-corrected chi connectivity index (χ3v) is 3.46. The molecule has 0 amide bonds. The summed E-state index contributed by atoms with van der Waals surface area (Å²) in [6.07, 6.45) is 0.239. The Labute approximate surface area is 112 Å². The van der Waals surface area contributed by atoms with E-state index in [1.165, 1.54) is 0 Å². The molecule has 0 spiro atoms. The fraction of sp³-hybridized carbons (Fsp3) is 0.333. The Hall–Kier alpha value is -1.94. The summed E-state index contributed by atoms with van der Waals surface area (Å²) in [6.45, 7) is 4.46. The molecule has 1 unspecified atom stereocenters. The number of hydrogen-bond donors (Lipinski definition) is 1. The van der Waals surface area contributed by atoms with Crippen molar-refractivity contribution >= 4 is 0 Å². The third-order valence-electron chi connectivity index (χ3n) is 3.46. The highest BCUT2D eigenvalue weighted by molar-refractivity contribution is 5.43. The van der Waals surface area contributed by atoms with Crippen molar-refractivity contribution in [3.05, 3.63) is 52.3 Å². The van der Waals surface area contributed by atoms with Gasteiger partial charge in [-0.3, -0.25) is 0 Å². The first-order valence-electron chi connectivity index (χ1n) is 6.39. The van der Waals surface area contributed by atoms with Crippen molar-refractivity contribution < 1.29 is 9.84 Å². The highest BCUT2D eigenvalue weighted by atomic mass is 16.5. The van der Waals surface area contributed by atoms with Crippen LogP contribution in [0.1, 0.15) is 34.2 Å². The highest BCUT2D eigenvalue weighted by Crippen LogP contribution is 2.31. The number of fused-ring (bicyclic) bond motifs is 1. The smallest absolute Gasteiger partial charge is 0.122 e. The molecular weight excluding hydrogens is 240 g/mol. The molecule has 0 saturated heterocycles. The van der Waals surface area contributed by atoms with Gasteiger partial charge in [-0.05, 0) is 43.2 Å². The van der Waals surface area contributed by atoms with Crippen LogP contribution in [0.5, 0.6) is 5.75 Å². The van der Waals surface area contributed by atoms with Gasteiger partial charge >= 0.3 is 0 Å². The van der Waals surface area contributed by atoms with Crippen LogP contribution < -0.4 is 4.74 Å². The van der Waals surface area contributed by atoms with E-state index in [0.29, 0.717) is 0 Å². The number of aromatic nitrogens is 2. The Balaban J connectivity index is 1.99. The molecule has 0 radical (unpaired) electrons. The number of ether oxygens (including phenoxy) is 1. The van der Waals surface area contributed by atoms with Gasteiger partial charge in [0.15, 0.2) is 0 Å². The second-order valence-corrected chi connectivity index (χ2v) is 4.89. The first-order chi connectivity index (χ1) is 9.15. The van der Waals surface area contributed by atoms with E-state index >= 15 is 0 Å². The normalized spacial score (nSPS) is 14.9. The van der Waals surface area contributed by atoms with Crippen LogP contribution in [0.15, 0.2) is 24.3 Å². The number of hydrogen-bond acceptors (Lipinski definition) is 4. The summed E-state index contributed by atoms with van der Waals surface area (Å²) in [4.78, 5) is 0. The van der Waals surface area contributed by atoms with Gasteiger partial charge in [-0.2, -0.15) is 10.2 Å². The van der Waals surface area contributed by atoms with Crippen LogP contribution in [-0.2, 0) is 6.42 Å². The second kappa shape index (κ2) is 4.63. The molecule has 4 nitrogen and oxygen atoms in total. The summed E-state index contributed by atoms with van der Waals surface area (Å²) in [5, 5.41) is 18.6. The Kier molecular flexibility index (Phi) is 2.95. The zero-order valence-corrected chi connectivity index (χ0v) is 11.1. The van der Waals surface area contributed by atoms with Gasteiger partial charge in [0.2, 0.25) is 0 Å². The minimum Gasteiger partial charge on any atom is -0.493 e. The van der Waals surface area contributed by atoms with Crippen LogP contribution in [0.2, 0.25) is 0 Å². The van der Waals surface area contributed by atoms with E-state index in [1.807, 2.05) is 38.1 Å². The van der Waals surface area contributed by atoms with E-state index in [0.717, 1.165) is 46.9 Å². The summed E-state index contributed by atoms with van der Waals surface area (Å²) < 4.78 is 5.48. The molecule has 1 aromatic carbocycles. The average molecular weight is 256 g/mol. The largest absolute Gasteiger partial charge is 0.493 e. The standard InChI is InChI=1S/C15H16N2O2/c1-9-7-13(10(2)17-16-9)15(18)12-3-4-14-11(8-12)5-6-19-14/h3-4,7-8,15,18H,5-6H2,1-2H3. The molecule has 1 aliphatic heterocycles. The summed E-state index contributed by atoms with van der Waals surface area (Å²) in [7, 11) is 0. The summed E-state index contributed by atoms with van der Waals surface area (Å²) in [6, 6.07) is 7.74. The van der Waals surface area contributed by atoms with Crippen LogP contribution >= 0.6 is 0 Å². The second-order valence-electron chi connectivity index (χ2n) is 4.89. The molecule has 2 heterocycles. The monoisotopic (exact) mass is 256 g/mol. The van der Waals surface area contributed by atoms with Crippen LogP contribution in [0.4, 0.5) is 0 Å². The first-order valence-corrected chi connectivity index (χ1v) is 6.39. The molecule has 0 bridgehead atoms. The third kappa shape index (κ3) is 2.19. The molecule has 0 fully saturated rings. The van der Waals surface area contributed by atoms with Crippen LogP contribution in [0, 0.1) is 13.8 Å². The zero-order chi connectivity index (χ0) is 13.4. The van der Waals surface area contributed by atoms with Gasteiger partial charge in [0.05, 0.1) is 18.0 Å². The van der Waals surface area contributed by atoms with E-state index in [2.05, 4.69) is 10.2 Å². The SMILES string of the molecule is Cc1cc(C(O)c2ccc3c(c2)CCO3)c(C)nn1. The number of rotatable bonds is 2. The number of nitrogens with zero attached hydrogens (tertiary/aromatic N) is 2. The lowest BCUT2D eigenvalue weighted by Crippen LogP contribution is -2.06. The van der Waals surface area contributed by atoms with Gasteiger partial charge in [0.25, 0.3) is 0 Å². The van der Waals surface area contributed by atoms with Gasteiger partial charge in [-0.1, -0.05) is 6.07 Å². The first kappa shape index (κ1) is 12.1. The van der Waals surface area contributed by atoms with Gasteiger partial charge < -0.3 is 9.84 Å². The Bertz CT molecular complexity index is 626. The lowest BCUT2D eigenvalue weighted by atomic mass is 9.98. The molecule has 0 saturated carbocycles. The van der Waals surface area contributed by atoms with Crippen LogP contribution in [-0.4, -0.2) is 21.9 Å². The summed E-state index contributed by atoms with van der Waals surface area (Å²) >= 11 is 0. The Morgan fingerprint density at radius 2 is 2.05 bits per heavy atom. The maximum absolute atomic E-state index is 10.5. The average Bonchev–Trinajstić information content (AvgIpc) is 2.88. The van der Waals surface area contributed by atoms with Gasteiger partial charge in [-0.15, -0.1) is 0 Å². The Morgan fingerprint density at radius 1 is 1.21 bits per heavy atom. The van der Waals surface area contributed by atoms with E-state index in [4.69, 9.17) is 4.74 Å². The molecule has 1 N–H and O–H groups in total. The molecule has 98 valence electrons. The zero-order valence-electron chi connectivity index (χ0n) is 11.1. The lowest BCUT2D eigenvalue weighted by molar-refractivity contribution is 0.218. The minimum absolute atomic E-state index is 0.667. The topological polar surface area (TPSA) is 55.2 Å². The van der Waals surface area contributed by atoms with Crippen molar-refractivity contribution in [1.82, 2.24) is 10.2 Å². The molecule has 4 heteroatoms. The number of aryl methyl sites for hydroxylation is 2. The van der Waals surface area contributed by atoms with E-state index in [1.54, 1.807) is 0 Å². The quantitative estimate of drug-likeness (QED) is 0.894. The van der Waals surface area contributed by atoms with Crippen molar-refractivity contribution in [2.75, 3.05) is 6.61 Å². The molecule has 19 heavy (non-hydrogen) atoms. The molecule has 1 aliphatic rings. The number of aliphatic hydroxyl groups is 1. The molecule has 1 aromatic heterocycles. The highest BCUT2D eigenvalue weighted by Gasteiger charge is 2.18. The molecular formula is C15H16N2O2. The minimum atomic E-state index is -0.667. The number of aliphatic hydroxyl groups excluding tert-OH is 1. The van der Waals surface area contributed by atoms with Gasteiger partial charge in [0.1, 0.15) is 11.9 Å². The fourth-order valence-corrected chi connectivity index (χ4v) is 2.40. The molecule has 0 aliphatic carbocycles. The molecule has 3 rings (SSSR count). The Morgan fingerprint density at radius 3 is 2.89 bits per heavy atom. The van der Waals surface area contributed by atoms with Crippen molar-refractivity contribution in [2.45, 2.75) is 26.4 Å². The van der Waals surface area contributed by atoms with Gasteiger partial charge in [0, 0.05) is 12.0 Å².